The van der Waals surface area contributed by atoms with Gasteiger partial charge < -0.3 is 19.4 Å². The monoisotopic (exact) mass is 396 g/mol. The van der Waals surface area contributed by atoms with E-state index in [0.717, 1.165) is 5.56 Å². The third kappa shape index (κ3) is 2.85. The second kappa shape index (κ2) is 6.66. The first-order valence-corrected chi connectivity index (χ1v) is 10.1. The van der Waals surface area contributed by atoms with Crippen LogP contribution in [0.15, 0.2) is 36.7 Å². The van der Waals surface area contributed by atoms with Crippen LogP contribution in [-0.4, -0.2) is 81.8 Å². The summed E-state index contributed by atoms with van der Waals surface area (Å²) in [5, 5.41) is 0. The Morgan fingerprint density at radius 2 is 2.00 bits per heavy atom. The van der Waals surface area contributed by atoms with Crippen molar-refractivity contribution in [2.75, 3.05) is 32.7 Å². The van der Waals surface area contributed by atoms with Crippen LogP contribution in [0, 0.1) is 11.8 Å². The Balaban J connectivity index is 1.34. The van der Waals surface area contributed by atoms with Crippen LogP contribution in [0.25, 0.3) is 0 Å². The van der Waals surface area contributed by atoms with E-state index < -0.39 is 17.4 Å². The third-order valence-electron chi connectivity index (χ3n) is 6.60. The average Bonchev–Trinajstić information content (AvgIpc) is 3.37. The highest BCUT2D eigenvalue weighted by Gasteiger charge is 2.67. The minimum atomic E-state index is -0.703. The fourth-order valence-electron chi connectivity index (χ4n) is 5.16. The van der Waals surface area contributed by atoms with Gasteiger partial charge in [0, 0.05) is 52.0 Å². The summed E-state index contributed by atoms with van der Waals surface area (Å²) in [7, 11) is 0. The number of ether oxygens (including phenoxy) is 1. The highest BCUT2D eigenvalue weighted by molar-refractivity contribution is 5.93. The van der Waals surface area contributed by atoms with Crippen LogP contribution in [0.4, 0.5) is 0 Å². The van der Waals surface area contributed by atoms with E-state index in [1.165, 1.54) is 0 Å². The number of piperazine rings is 1. The van der Waals surface area contributed by atoms with Gasteiger partial charge in [-0.15, -0.1) is 0 Å². The number of pyridine rings is 1. The Hall–Kier alpha value is -2.74. The second-order valence-corrected chi connectivity index (χ2v) is 8.29. The lowest BCUT2D eigenvalue weighted by Gasteiger charge is -2.37. The summed E-state index contributed by atoms with van der Waals surface area (Å²) in [5.41, 5.74) is 0.255. The van der Waals surface area contributed by atoms with Gasteiger partial charge in [-0.2, -0.15) is 0 Å². The van der Waals surface area contributed by atoms with Crippen LogP contribution in [0.1, 0.15) is 12.5 Å². The molecular weight excluding hydrogens is 372 g/mol. The van der Waals surface area contributed by atoms with Gasteiger partial charge in [-0.05, 0) is 11.6 Å². The van der Waals surface area contributed by atoms with Crippen molar-refractivity contribution in [3.8, 4) is 0 Å². The van der Waals surface area contributed by atoms with Crippen LogP contribution in [0.3, 0.4) is 0 Å². The maximum atomic E-state index is 13.3. The summed E-state index contributed by atoms with van der Waals surface area (Å²) in [4.78, 5) is 47.6. The molecule has 152 valence electrons. The van der Waals surface area contributed by atoms with Gasteiger partial charge in [0.15, 0.2) is 0 Å². The fourth-order valence-corrected chi connectivity index (χ4v) is 5.16. The van der Waals surface area contributed by atoms with Crippen molar-refractivity contribution < 1.29 is 19.1 Å². The normalized spacial score (nSPS) is 32.8. The van der Waals surface area contributed by atoms with Crippen LogP contribution in [0.5, 0.6) is 0 Å². The fraction of sp³-hybridized carbons (Fsp3) is 0.524. The van der Waals surface area contributed by atoms with Gasteiger partial charge in [-0.3, -0.25) is 19.4 Å². The molecule has 3 amide bonds. The molecule has 5 heterocycles. The molecule has 0 saturated carbocycles. The molecule has 0 aromatic carbocycles. The van der Waals surface area contributed by atoms with Gasteiger partial charge in [-0.1, -0.05) is 18.2 Å². The van der Waals surface area contributed by atoms with E-state index in [1.807, 2.05) is 24.3 Å². The molecule has 0 radical (unpaired) electrons. The van der Waals surface area contributed by atoms with E-state index in [2.05, 4.69) is 4.98 Å². The summed E-state index contributed by atoms with van der Waals surface area (Å²) < 4.78 is 6.20. The van der Waals surface area contributed by atoms with E-state index in [0.29, 0.717) is 39.3 Å². The smallest absolute Gasteiger partial charge is 0.230 e. The van der Waals surface area contributed by atoms with Crippen molar-refractivity contribution in [2.24, 2.45) is 11.8 Å². The maximum absolute atomic E-state index is 13.3. The van der Waals surface area contributed by atoms with Crippen molar-refractivity contribution in [2.45, 2.75) is 25.2 Å². The maximum Gasteiger partial charge on any atom is 0.230 e. The summed E-state index contributed by atoms with van der Waals surface area (Å²) in [6, 6.07) is 3.79. The number of aromatic nitrogens is 1. The first-order chi connectivity index (χ1) is 14.0. The van der Waals surface area contributed by atoms with Crippen molar-refractivity contribution in [1.82, 2.24) is 19.7 Å². The van der Waals surface area contributed by atoms with Crippen LogP contribution in [-0.2, 0) is 25.7 Å². The number of nitrogens with zero attached hydrogens (tertiary/aromatic N) is 4. The number of amides is 3. The summed E-state index contributed by atoms with van der Waals surface area (Å²) in [5.74, 6) is -1.01. The number of fused-ring (bicyclic) bond motifs is 1. The second-order valence-electron chi connectivity index (χ2n) is 8.29. The topological polar surface area (TPSA) is 83.1 Å². The van der Waals surface area contributed by atoms with E-state index in [-0.39, 0.29) is 23.8 Å². The van der Waals surface area contributed by atoms with E-state index in [9.17, 15) is 14.4 Å². The minimum absolute atomic E-state index is 0.0265. The summed E-state index contributed by atoms with van der Waals surface area (Å²) in [6.07, 6.45) is 7.02. The molecule has 2 bridgehead atoms. The number of carbonyl (C=O) groups is 3. The van der Waals surface area contributed by atoms with Gasteiger partial charge in [0.2, 0.25) is 17.7 Å². The molecule has 1 aromatic heterocycles. The minimum Gasteiger partial charge on any atom is -0.360 e. The third-order valence-corrected chi connectivity index (χ3v) is 6.60. The molecule has 4 aliphatic rings. The SMILES string of the molecule is CC(=O)N1CCN(C(=O)[C@H]2[C@@H]3C=C[C@@]4(CN(Cc5cccnc5)C(=O)[C@@H]24)O3)CC1. The standard InChI is InChI=1S/C21H24N4O4/c1-14(26)23-7-9-24(10-8-23)19(27)17-16-4-5-21(29-16)13-25(20(28)18(17)21)12-15-3-2-6-22-11-15/h2-6,11,16-18H,7-10,12-13H2,1H3/t16-,17-,18+,21-/m0/s1. The van der Waals surface area contributed by atoms with Gasteiger partial charge >= 0.3 is 0 Å². The molecule has 0 unspecified atom stereocenters. The Morgan fingerprint density at radius 1 is 1.24 bits per heavy atom. The zero-order valence-corrected chi connectivity index (χ0v) is 16.4. The van der Waals surface area contributed by atoms with Gasteiger partial charge in [0.25, 0.3) is 0 Å². The van der Waals surface area contributed by atoms with Crippen LogP contribution in [0.2, 0.25) is 0 Å². The first kappa shape index (κ1) is 18.3. The molecule has 1 spiro atoms. The Bertz CT molecular complexity index is 880. The lowest BCUT2D eigenvalue weighted by Crippen LogP contribution is -2.54. The Morgan fingerprint density at radius 3 is 2.69 bits per heavy atom. The lowest BCUT2D eigenvalue weighted by atomic mass is 9.76. The van der Waals surface area contributed by atoms with E-state index in [1.54, 1.807) is 34.0 Å². The van der Waals surface area contributed by atoms with Gasteiger partial charge in [-0.25, -0.2) is 0 Å². The molecule has 4 aliphatic heterocycles. The Labute approximate surface area is 169 Å². The molecule has 8 heteroatoms. The Kier molecular flexibility index (Phi) is 4.20. The molecule has 1 aromatic rings. The van der Waals surface area contributed by atoms with Crippen LogP contribution >= 0.6 is 0 Å². The predicted octanol–water partition coefficient (Wildman–Crippen LogP) is 0.0543. The molecule has 3 saturated heterocycles. The summed E-state index contributed by atoms with van der Waals surface area (Å²) >= 11 is 0. The molecule has 0 aliphatic carbocycles. The van der Waals surface area contributed by atoms with Crippen molar-refractivity contribution in [1.29, 1.82) is 0 Å². The van der Waals surface area contributed by atoms with Crippen molar-refractivity contribution >= 4 is 17.7 Å². The summed E-state index contributed by atoms with van der Waals surface area (Å²) in [6.45, 7) is 4.53. The zero-order chi connectivity index (χ0) is 20.2. The lowest BCUT2D eigenvalue weighted by molar-refractivity contribution is -0.146. The van der Waals surface area contributed by atoms with Gasteiger partial charge in [0.1, 0.15) is 5.60 Å². The average molecular weight is 396 g/mol. The molecule has 29 heavy (non-hydrogen) atoms. The highest BCUT2D eigenvalue weighted by atomic mass is 16.5. The number of likely N-dealkylation sites (tertiary alicyclic amines) is 1. The highest BCUT2D eigenvalue weighted by Crippen LogP contribution is 2.52. The van der Waals surface area contributed by atoms with Crippen LogP contribution < -0.4 is 0 Å². The predicted molar refractivity (Wildman–Crippen MR) is 102 cm³/mol. The van der Waals surface area contributed by atoms with Gasteiger partial charge in [0.05, 0.1) is 24.5 Å². The zero-order valence-electron chi connectivity index (χ0n) is 16.4. The van der Waals surface area contributed by atoms with E-state index in [4.69, 9.17) is 4.74 Å². The van der Waals surface area contributed by atoms with Crippen molar-refractivity contribution in [3.63, 3.8) is 0 Å². The quantitative estimate of drug-likeness (QED) is 0.675. The molecule has 8 nitrogen and oxygen atoms in total. The largest absolute Gasteiger partial charge is 0.360 e. The molecular formula is C21H24N4O4. The molecule has 5 rings (SSSR count). The number of hydrogen-bond donors (Lipinski definition) is 0. The molecule has 0 N–H and O–H groups in total. The first-order valence-electron chi connectivity index (χ1n) is 10.1. The van der Waals surface area contributed by atoms with Crippen molar-refractivity contribution in [3.05, 3.63) is 42.2 Å². The number of rotatable bonds is 3. The molecule has 4 atom stereocenters. The molecule has 3 fully saturated rings. The number of hydrogen-bond acceptors (Lipinski definition) is 5. The van der Waals surface area contributed by atoms with E-state index >= 15 is 0 Å². The number of carbonyl (C=O) groups excluding carboxylic acids is 3.